The highest BCUT2D eigenvalue weighted by Gasteiger charge is 2.22. The van der Waals surface area contributed by atoms with E-state index in [1.165, 1.54) is 25.7 Å². The van der Waals surface area contributed by atoms with Gasteiger partial charge in [-0.05, 0) is 45.0 Å². The van der Waals surface area contributed by atoms with Crippen molar-refractivity contribution in [1.82, 2.24) is 4.90 Å². The van der Waals surface area contributed by atoms with E-state index in [0.29, 0.717) is 5.75 Å². The average molecular weight is 276 g/mol. The van der Waals surface area contributed by atoms with Gasteiger partial charge < -0.3 is 10.1 Å². The summed E-state index contributed by atoms with van der Waals surface area (Å²) in [5.41, 5.74) is 0.738. The Hall–Kier alpha value is -1.55. The lowest BCUT2D eigenvalue weighted by Crippen LogP contribution is -2.42. The molecule has 0 saturated carbocycles. The van der Waals surface area contributed by atoms with Crippen molar-refractivity contribution in [2.45, 2.75) is 38.6 Å². The molecule has 1 heterocycles. The smallest absolute Gasteiger partial charge is 0.241 e. The largest absolute Gasteiger partial charge is 0.495 e. The van der Waals surface area contributed by atoms with Crippen LogP contribution in [0.1, 0.15) is 32.6 Å². The summed E-state index contributed by atoms with van der Waals surface area (Å²) in [6.07, 6.45) is 4.92. The fraction of sp³-hybridized carbons (Fsp3) is 0.562. The van der Waals surface area contributed by atoms with Gasteiger partial charge in [0.15, 0.2) is 0 Å². The normalized spacial score (nSPS) is 18.1. The van der Waals surface area contributed by atoms with Gasteiger partial charge in [0, 0.05) is 0 Å². The van der Waals surface area contributed by atoms with E-state index in [1.54, 1.807) is 7.11 Å². The summed E-state index contributed by atoms with van der Waals surface area (Å²) in [5.74, 6) is 0.736. The molecule has 20 heavy (non-hydrogen) atoms. The van der Waals surface area contributed by atoms with Gasteiger partial charge in [0.2, 0.25) is 5.91 Å². The molecule has 4 nitrogen and oxygen atoms in total. The van der Waals surface area contributed by atoms with Crippen LogP contribution in [0.5, 0.6) is 5.75 Å². The molecule has 0 aromatic heterocycles. The van der Waals surface area contributed by atoms with E-state index < -0.39 is 0 Å². The molecule has 4 heteroatoms. The Balaban J connectivity index is 1.99. The number of rotatable bonds is 4. The minimum absolute atomic E-state index is 0.0383. The maximum atomic E-state index is 12.4. The zero-order chi connectivity index (χ0) is 14.4. The second kappa shape index (κ2) is 7.29. The second-order valence-corrected chi connectivity index (χ2v) is 5.32. The highest BCUT2D eigenvalue weighted by Crippen LogP contribution is 2.23. The van der Waals surface area contributed by atoms with E-state index in [9.17, 15) is 4.79 Å². The summed E-state index contributed by atoms with van der Waals surface area (Å²) in [4.78, 5) is 14.7. The van der Waals surface area contributed by atoms with Gasteiger partial charge in [0.05, 0.1) is 18.8 Å². The number of hydrogen-bond acceptors (Lipinski definition) is 3. The number of anilines is 1. The fourth-order valence-corrected chi connectivity index (χ4v) is 2.63. The molecule has 1 aromatic carbocycles. The van der Waals surface area contributed by atoms with Crippen LogP contribution in [0.15, 0.2) is 24.3 Å². The van der Waals surface area contributed by atoms with Crippen molar-refractivity contribution in [3.63, 3.8) is 0 Å². The van der Waals surface area contributed by atoms with E-state index >= 15 is 0 Å². The van der Waals surface area contributed by atoms with Crippen molar-refractivity contribution >= 4 is 11.6 Å². The molecule has 1 amide bonds. The summed E-state index contributed by atoms with van der Waals surface area (Å²) >= 11 is 0. The maximum absolute atomic E-state index is 12.4. The molecule has 1 aliphatic heterocycles. The van der Waals surface area contributed by atoms with Crippen molar-refractivity contribution in [3.05, 3.63) is 24.3 Å². The number of hydrogen-bond donors (Lipinski definition) is 1. The Kier molecular flexibility index (Phi) is 5.41. The zero-order valence-electron chi connectivity index (χ0n) is 12.4. The predicted octanol–water partition coefficient (Wildman–Crippen LogP) is 2.90. The van der Waals surface area contributed by atoms with Crippen LogP contribution >= 0.6 is 0 Å². The third-order valence-electron chi connectivity index (χ3n) is 3.93. The third-order valence-corrected chi connectivity index (χ3v) is 3.93. The molecule has 0 spiro atoms. The molecule has 110 valence electrons. The minimum atomic E-state index is -0.0991. The number of carbonyl (C=O) groups excluding carboxylic acids is 1. The van der Waals surface area contributed by atoms with Crippen LogP contribution in [0.3, 0.4) is 0 Å². The first-order chi connectivity index (χ1) is 9.72. The van der Waals surface area contributed by atoms with Gasteiger partial charge in [-0.2, -0.15) is 0 Å². The molecule has 1 aromatic rings. The van der Waals surface area contributed by atoms with Crippen molar-refractivity contribution < 1.29 is 9.53 Å². The molecule has 1 atom stereocenters. The fourth-order valence-electron chi connectivity index (χ4n) is 2.63. The van der Waals surface area contributed by atoms with E-state index in [2.05, 4.69) is 10.2 Å². The van der Waals surface area contributed by atoms with Gasteiger partial charge in [-0.1, -0.05) is 25.0 Å². The van der Waals surface area contributed by atoms with Crippen molar-refractivity contribution in [3.8, 4) is 5.75 Å². The number of amides is 1. The van der Waals surface area contributed by atoms with E-state index in [1.807, 2.05) is 31.2 Å². The SMILES string of the molecule is COc1ccccc1NC(=O)C(C)N1CCCCCC1. The quantitative estimate of drug-likeness (QED) is 0.919. The van der Waals surface area contributed by atoms with Crippen LogP contribution in [-0.4, -0.2) is 37.0 Å². The summed E-state index contributed by atoms with van der Waals surface area (Å²) in [6.45, 7) is 4.01. The number of nitrogens with one attached hydrogen (secondary N) is 1. The summed E-state index contributed by atoms with van der Waals surface area (Å²) in [5, 5.41) is 2.97. The lowest BCUT2D eigenvalue weighted by molar-refractivity contribution is -0.120. The molecule has 0 aliphatic carbocycles. The molecule has 0 bridgehead atoms. The number of nitrogens with zero attached hydrogens (tertiary/aromatic N) is 1. The Morgan fingerprint density at radius 1 is 1.20 bits per heavy atom. The maximum Gasteiger partial charge on any atom is 0.241 e. The molecule has 1 unspecified atom stereocenters. The molecular formula is C16H24N2O2. The van der Waals surface area contributed by atoms with Crippen molar-refractivity contribution in [2.75, 3.05) is 25.5 Å². The number of methoxy groups -OCH3 is 1. The highest BCUT2D eigenvalue weighted by molar-refractivity contribution is 5.95. The van der Waals surface area contributed by atoms with E-state index in [4.69, 9.17) is 4.74 Å². The molecule has 2 rings (SSSR count). The van der Waals surface area contributed by atoms with Crippen molar-refractivity contribution in [1.29, 1.82) is 0 Å². The number of benzene rings is 1. The first-order valence-corrected chi connectivity index (χ1v) is 7.40. The average Bonchev–Trinajstić information content (AvgIpc) is 2.76. The van der Waals surface area contributed by atoms with Gasteiger partial charge >= 0.3 is 0 Å². The molecular weight excluding hydrogens is 252 g/mol. The van der Waals surface area contributed by atoms with Crippen LogP contribution in [0, 0.1) is 0 Å². The molecule has 1 aliphatic rings. The van der Waals surface area contributed by atoms with Crippen molar-refractivity contribution in [2.24, 2.45) is 0 Å². The molecule has 1 N–H and O–H groups in total. The molecule has 1 saturated heterocycles. The highest BCUT2D eigenvalue weighted by atomic mass is 16.5. The van der Waals surface area contributed by atoms with Gasteiger partial charge in [-0.3, -0.25) is 9.69 Å². The first kappa shape index (κ1) is 14.9. The lowest BCUT2D eigenvalue weighted by atomic mass is 10.2. The van der Waals surface area contributed by atoms with Crippen LogP contribution < -0.4 is 10.1 Å². The van der Waals surface area contributed by atoms with Crippen LogP contribution in [0.25, 0.3) is 0 Å². The van der Waals surface area contributed by atoms with Crippen LogP contribution in [-0.2, 0) is 4.79 Å². The zero-order valence-corrected chi connectivity index (χ0v) is 12.4. The standard InChI is InChI=1S/C16H24N2O2/c1-13(18-11-7-3-4-8-12-18)16(19)17-14-9-5-6-10-15(14)20-2/h5-6,9-10,13H,3-4,7-8,11-12H2,1-2H3,(H,17,19). The minimum Gasteiger partial charge on any atom is -0.495 e. The Morgan fingerprint density at radius 2 is 1.85 bits per heavy atom. The van der Waals surface area contributed by atoms with Gasteiger partial charge in [-0.25, -0.2) is 0 Å². The number of para-hydroxylation sites is 2. The number of carbonyl (C=O) groups is 1. The second-order valence-electron chi connectivity index (χ2n) is 5.32. The number of ether oxygens (including phenoxy) is 1. The van der Waals surface area contributed by atoms with E-state index in [0.717, 1.165) is 18.8 Å². The number of likely N-dealkylation sites (tertiary alicyclic amines) is 1. The van der Waals surface area contributed by atoms with Crippen LogP contribution in [0.2, 0.25) is 0 Å². The summed E-state index contributed by atoms with van der Waals surface area (Å²) in [6, 6.07) is 7.41. The summed E-state index contributed by atoms with van der Waals surface area (Å²) in [7, 11) is 1.61. The van der Waals surface area contributed by atoms with Gasteiger partial charge in [-0.15, -0.1) is 0 Å². The monoisotopic (exact) mass is 276 g/mol. The first-order valence-electron chi connectivity index (χ1n) is 7.40. The third kappa shape index (κ3) is 3.73. The molecule has 0 radical (unpaired) electrons. The topological polar surface area (TPSA) is 41.6 Å². The van der Waals surface area contributed by atoms with Gasteiger partial charge in [0.25, 0.3) is 0 Å². The Morgan fingerprint density at radius 3 is 2.50 bits per heavy atom. The molecule has 1 fully saturated rings. The van der Waals surface area contributed by atoms with Crippen LogP contribution in [0.4, 0.5) is 5.69 Å². The predicted molar refractivity (Wildman–Crippen MR) is 81.1 cm³/mol. The lowest BCUT2D eigenvalue weighted by Gasteiger charge is -2.26. The Labute approximate surface area is 121 Å². The Bertz CT molecular complexity index is 440. The van der Waals surface area contributed by atoms with E-state index in [-0.39, 0.29) is 11.9 Å². The van der Waals surface area contributed by atoms with Gasteiger partial charge in [0.1, 0.15) is 5.75 Å². The summed E-state index contributed by atoms with van der Waals surface area (Å²) < 4.78 is 5.26.